The topological polar surface area (TPSA) is 42.2 Å². The summed E-state index contributed by atoms with van der Waals surface area (Å²) in [4.78, 5) is 13.0. The predicted molar refractivity (Wildman–Crippen MR) is 225 cm³/mol. The van der Waals surface area contributed by atoms with E-state index in [4.69, 9.17) is 14.4 Å². The fraction of sp³-hybridized carbons (Fsp3) is 0. The number of aromatic nitrogens is 2. The fourth-order valence-corrected chi connectivity index (χ4v) is 8.09. The number of hydrogen-bond acceptors (Lipinski definition) is 4. The molecule has 0 amide bonds. The standard InChI is InChI=1S/C50H31N3O/c1-4-16-38-32(12-1)14-11-22-46(38)53(36-28-29-48-42(31-36)41-19-7-10-23-47(41)54-48)35-26-24-33(25-27-35)49-50(52-45-21-9-8-20-44(45)51-49)43-30-34-13-2-3-15-37(34)39-17-5-6-18-40(39)43/h1-31H. The van der Waals surface area contributed by atoms with Crippen LogP contribution in [-0.2, 0) is 0 Å². The van der Waals surface area contributed by atoms with Gasteiger partial charge < -0.3 is 9.32 Å². The molecule has 11 aromatic rings. The van der Waals surface area contributed by atoms with Crippen molar-refractivity contribution in [1.82, 2.24) is 9.97 Å². The van der Waals surface area contributed by atoms with Crippen LogP contribution in [0.15, 0.2) is 192 Å². The van der Waals surface area contributed by atoms with Gasteiger partial charge in [0.2, 0.25) is 0 Å². The number of nitrogens with zero attached hydrogens (tertiary/aromatic N) is 3. The van der Waals surface area contributed by atoms with E-state index in [-0.39, 0.29) is 0 Å². The third kappa shape index (κ3) is 4.85. The molecule has 0 N–H and O–H groups in total. The number of fused-ring (bicyclic) bond motifs is 8. The van der Waals surface area contributed by atoms with Crippen LogP contribution in [0.3, 0.4) is 0 Å². The average Bonchev–Trinajstić information content (AvgIpc) is 3.61. The Bertz CT molecular complexity index is 3230. The molecule has 11 rings (SSSR count). The summed E-state index contributed by atoms with van der Waals surface area (Å²) in [5.41, 5.74) is 10.5. The molecule has 0 aliphatic rings. The lowest BCUT2D eigenvalue weighted by atomic mass is 9.93. The maximum absolute atomic E-state index is 6.23. The SMILES string of the molecule is c1ccc2c(N(c3ccc(-c4nc5ccccc5nc4-c4cc5ccccc5c5ccccc45)cc3)c3ccc4oc5ccccc5c4c3)cccc2c1. The second kappa shape index (κ2) is 12.1. The van der Waals surface area contributed by atoms with Gasteiger partial charge in [-0.25, -0.2) is 9.97 Å². The molecule has 9 aromatic carbocycles. The highest BCUT2D eigenvalue weighted by Gasteiger charge is 2.20. The van der Waals surface area contributed by atoms with Crippen molar-refractivity contribution in [3.63, 3.8) is 0 Å². The molecule has 0 unspecified atom stereocenters. The minimum absolute atomic E-state index is 0.851. The molecule has 0 aliphatic carbocycles. The zero-order chi connectivity index (χ0) is 35.6. The van der Waals surface area contributed by atoms with Gasteiger partial charge in [0.1, 0.15) is 11.2 Å². The Labute approximate surface area is 311 Å². The molecule has 0 radical (unpaired) electrons. The summed E-state index contributed by atoms with van der Waals surface area (Å²) in [6, 6.07) is 66.2. The van der Waals surface area contributed by atoms with Crippen LogP contribution in [0.25, 0.3) is 87.8 Å². The minimum atomic E-state index is 0.851. The molecular formula is C50H31N3O. The molecule has 54 heavy (non-hydrogen) atoms. The Morgan fingerprint density at radius 2 is 0.963 bits per heavy atom. The molecule has 0 saturated carbocycles. The van der Waals surface area contributed by atoms with Gasteiger partial charge in [-0.3, -0.25) is 0 Å². The lowest BCUT2D eigenvalue weighted by Crippen LogP contribution is -2.10. The first-order valence-corrected chi connectivity index (χ1v) is 18.2. The number of anilines is 3. The van der Waals surface area contributed by atoms with Crippen molar-refractivity contribution >= 4 is 82.4 Å². The van der Waals surface area contributed by atoms with Gasteiger partial charge in [0.25, 0.3) is 0 Å². The zero-order valence-electron chi connectivity index (χ0n) is 29.1. The zero-order valence-corrected chi connectivity index (χ0v) is 29.1. The molecule has 0 saturated heterocycles. The van der Waals surface area contributed by atoms with Crippen molar-refractivity contribution in [1.29, 1.82) is 0 Å². The lowest BCUT2D eigenvalue weighted by molar-refractivity contribution is 0.669. The van der Waals surface area contributed by atoms with E-state index in [1.54, 1.807) is 0 Å². The number of para-hydroxylation sites is 3. The monoisotopic (exact) mass is 689 g/mol. The first-order valence-electron chi connectivity index (χ1n) is 18.2. The highest BCUT2D eigenvalue weighted by Crippen LogP contribution is 2.43. The van der Waals surface area contributed by atoms with E-state index in [0.717, 1.165) is 77.9 Å². The summed E-state index contributed by atoms with van der Waals surface area (Å²) in [7, 11) is 0. The van der Waals surface area contributed by atoms with Crippen molar-refractivity contribution < 1.29 is 4.42 Å². The number of hydrogen-bond donors (Lipinski definition) is 0. The third-order valence-electron chi connectivity index (χ3n) is 10.6. The number of furan rings is 1. The summed E-state index contributed by atoms with van der Waals surface area (Å²) in [5, 5.41) is 9.31. The molecule has 0 aliphatic heterocycles. The van der Waals surface area contributed by atoms with Crippen LogP contribution < -0.4 is 4.90 Å². The van der Waals surface area contributed by atoms with Gasteiger partial charge in [-0.15, -0.1) is 0 Å². The maximum Gasteiger partial charge on any atom is 0.135 e. The van der Waals surface area contributed by atoms with E-state index in [1.165, 1.54) is 26.9 Å². The maximum atomic E-state index is 6.23. The quantitative estimate of drug-likeness (QED) is 0.169. The smallest absolute Gasteiger partial charge is 0.135 e. The van der Waals surface area contributed by atoms with Crippen molar-refractivity contribution in [2.24, 2.45) is 0 Å². The Balaban J connectivity index is 1.12. The van der Waals surface area contributed by atoms with Crippen LogP contribution in [0, 0.1) is 0 Å². The second-order valence-electron chi connectivity index (χ2n) is 13.8. The van der Waals surface area contributed by atoms with Gasteiger partial charge in [-0.1, -0.05) is 127 Å². The van der Waals surface area contributed by atoms with Gasteiger partial charge in [0.05, 0.1) is 28.1 Å². The van der Waals surface area contributed by atoms with Gasteiger partial charge in [0, 0.05) is 38.7 Å². The van der Waals surface area contributed by atoms with E-state index >= 15 is 0 Å². The van der Waals surface area contributed by atoms with E-state index < -0.39 is 0 Å². The summed E-state index contributed by atoms with van der Waals surface area (Å²) in [6.07, 6.45) is 0. The van der Waals surface area contributed by atoms with Crippen LogP contribution in [0.4, 0.5) is 17.1 Å². The Kier molecular flexibility index (Phi) is 6.82. The van der Waals surface area contributed by atoms with Gasteiger partial charge in [0.15, 0.2) is 0 Å². The molecule has 0 spiro atoms. The molecular weight excluding hydrogens is 659 g/mol. The molecule has 0 bridgehead atoms. The molecule has 0 fully saturated rings. The first kappa shape index (κ1) is 30.3. The highest BCUT2D eigenvalue weighted by atomic mass is 16.3. The molecule has 2 heterocycles. The molecule has 4 heteroatoms. The number of rotatable bonds is 5. The number of benzene rings is 9. The van der Waals surface area contributed by atoms with Gasteiger partial charge in [-0.05, 0) is 87.6 Å². The van der Waals surface area contributed by atoms with Crippen molar-refractivity contribution in [3.8, 4) is 22.5 Å². The summed E-state index contributed by atoms with van der Waals surface area (Å²) in [5.74, 6) is 0. The van der Waals surface area contributed by atoms with E-state index in [1.807, 2.05) is 36.4 Å². The summed E-state index contributed by atoms with van der Waals surface area (Å²) in [6.45, 7) is 0. The van der Waals surface area contributed by atoms with Crippen LogP contribution in [0.2, 0.25) is 0 Å². The van der Waals surface area contributed by atoms with E-state index in [0.29, 0.717) is 0 Å². The average molecular weight is 690 g/mol. The second-order valence-corrected chi connectivity index (χ2v) is 13.8. The molecule has 4 nitrogen and oxygen atoms in total. The molecule has 2 aromatic heterocycles. The normalized spacial score (nSPS) is 11.7. The van der Waals surface area contributed by atoms with Crippen molar-refractivity contribution in [2.45, 2.75) is 0 Å². The van der Waals surface area contributed by atoms with Crippen LogP contribution >= 0.6 is 0 Å². The molecule has 252 valence electrons. The van der Waals surface area contributed by atoms with Crippen LogP contribution in [0.5, 0.6) is 0 Å². The van der Waals surface area contributed by atoms with E-state index in [9.17, 15) is 0 Å². The van der Waals surface area contributed by atoms with Crippen LogP contribution in [0.1, 0.15) is 0 Å². The first-order chi connectivity index (χ1) is 26.8. The Hall–Kier alpha value is -7.30. The largest absolute Gasteiger partial charge is 0.456 e. The predicted octanol–water partition coefficient (Wildman–Crippen LogP) is 13.8. The van der Waals surface area contributed by atoms with E-state index in [2.05, 4.69) is 157 Å². The van der Waals surface area contributed by atoms with Crippen LogP contribution in [-0.4, -0.2) is 9.97 Å². The summed E-state index contributed by atoms with van der Waals surface area (Å²) >= 11 is 0. The van der Waals surface area contributed by atoms with Crippen molar-refractivity contribution in [3.05, 3.63) is 188 Å². The third-order valence-corrected chi connectivity index (χ3v) is 10.6. The highest BCUT2D eigenvalue weighted by molar-refractivity contribution is 6.14. The van der Waals surface area contributed by atoms with Crippen molar-refractivity contribution in [2.75, 3.05) is 4.90 Å². The van der Waals surface area contributed by atoms with Gasteiger partial charge >= 0.3 is 0 Å². The minimum Gasteiger partial charge on any atom is -0.456 e. The fourth-order valence-electron chi connectivity index (χ4n) is 8.09. The summed E-state index contributed by atoms with van der Waals surface area (Å²) < 4.78 is 6.23. The Morgan fingerprint density at radius 1 is 0.370 bits per heavy atom. The lowest BCUT2D eigenvalue weighted by Gasteiger charge is -2.27. The molecule has 0 atom stereocenters. The van der Waals surface area contributed by atoms with Gasteiger partial charge in [-0.2, -0.15) is 0 Å². The Morgan fingerprint density at radius 3 is 1.78 bits per heavy atom.